The molecule has 0 aliphatic heterocycles. The van der Waals surface area contributed by atoms with E-state index in [-0.39, 0.29) is 6.04 Å². The van der Waals surface area contributed by atoms with Crippen LogP contribution in [0.4, 0.5) is 0 Å². The van der Waals surface area contributed by atoms with Gasteiger partial charge in [0.1, 0.15) is 0 Å². The topological polar surface area (TPSA) is 39.2 Å². The molecule has 1 atom stereocenters. The van der Waals surface area contributed by atoms with Crippen molar-refractivity contribution in [1.29, 1.82) is 0 Å². The van der Waals surface area contributed by atoms with E-state index >= 15 is 0 Å². The lowest BCUT2D eigenvalue weighted by atomic mass is 9.98. The summed E-state index contributed by atoms with van der Waals surface area (Å²) in [5.74, 6) is 0. The van der Waals surface area contributed by atoms with Crippen molar-refractivity contribution < 1.29 is 4.42 Å². The second kappa shape index (κ2) is 4.09. The molecule has 2 rings (SSSR count). The van der Waals surface area contributed by atoms with E-state index in [2.05, 4.69) is 0 Å². The average Bonchev–Trinajstić information content (AvgIpc) is 2.64. The van der Waals surface area contributed by atoms with Crippen LogP contribution in [0.15, 0.2) is 41.0 Å². The maximum absolute atomic E-state index is 6.12. The fraction of sp³-hybridized carbons (Fsp3) is 0.167. The summed E-state index contributed by atoms with van der Waals surface area (Å²) < 4.78 is 5.03. The molecule has 2 nitrogen and oxygen atoms in total. The summed E-state index contributed by atoms with van der Waals surface area (Å²) in [5, 5.41) is 0.366. The molecule has 0 saturated carbocycles. The number of halogens is 1. The van der Waals surface area contributed by atoms with Gasteiger partial charge in [-0.2, -0.15) is 0 Å². The Morgan fingerprint density at radius 2 is 1.93 bits per heavy atom. The van der Waals surface area contributed by atoms with Crippen LogP contribution in [-0.4, -0.2) is 0 Å². The Bertz CT molecular complexity index is 464. The predicted octanol–water partition coefficient (Wildman–Crippen LogP) is 3.29. The summed E-state index contributed by atoms with van der Waals surface area (Å²) in [6.07, 6.45) is 1.55. The molecule has 0 aliphatic carbocycles. The van der Waals surface area contributed by atoms with Gasteiger partial charge in [0.25, 0.3) is 0 Å². The van der Waals surface area contributed by atoms with Crippen molar-refractivity contribution in [2.45, 2.75) is 13.0 Å². The number of benzene rings is 1. The number of hydrogen-bond acceptors (Lipinski definition) is 2. The SMILES string of the molecule is Cc1ccccc1C(N)c1ccoc1Cl. The van der Waals surface area contributed by atoms with Gasteiger partial charge in [-0.05, 0) is 35.7 Å². The summed E-state index contributed by atoms with van der Waals surface area (Å²) in [6, 6.07) is 9.57. The van der Waals surface area contributed by atoms with E-state index in [0.29, 0.717) is 5.22 Å². The van der Waals surface area contributed by atoms with Crippen molar-refractivity contribution in [3.05, 3.63) is 58.5 Å². The number of furan rings is 1. The van der Waals surface area contributed by atoms with E-state index in [0.717, 1.165) is 16.7 Å². The molecule has 3 heteroatoms. The lowest BCUT2D eigenvalue weighted by Gasteiger charge is -2.13. The standard InChI is InChI=1S/C12H12ClNO/c1-8-4-2-3-5-9(8)11(14)10-6-7-15-12(10)13/h2-7,11H,14H2,1H3. The van der Waals surface area contributed by atoms with Gasteiger partial charge in [0.2, 0.25) is 0 Å². The summed E-state index contributed by atoms with van der Waals surface area (Å²) in [6.45, 7) is 2.03. The molecule has 1 unspecified atom stereocenters. The fourth-order valence-corrected chi connectivity index (χ4v) is 1.86. The largest absolute Gasteiger partial charge is 0.453 e. The molecule has 0 radical (unpaired) electrons. The minimum Gasteiger partial charge on any atom is -0.453 e. The minimum atomic E-state index is -0.225. The van der Waals surface area contributed by atoms with E-state index in [1.165, 1.54) is 0 Å². The summed E-state index contributed by atoms with van der Waals surface area (Å²) >= 11 is 5.89. The monoisotopic (exact) mass is 221 g/mol. The Morgan fingerprint density at radius 1 is 1.20 bits per heavy atom. The van der Waals surface area contributed by atoms with Gasteiger partial charge in [-0.25, -0.2) is 0 Å². The Labute approximate surface area is 93.7 Å². The molecule has 2 N–H and O–H groups in total. The molecule has 0 bridgehead atoms. The van der Waals surface area contributed by atoms with Crippen LogP contribution in [0.5, 0.6) is 0 Å². The highest BCUT2D eigenvalue weighted by Gasteiger charge is 2.15. The van der Waals surface area contributed by atoms with E-state index in [1.807, 2.05) is 31.2 Å². The molecule has 1 aromatic heterocycles. The quantitative estimate of drug-likeness (QED) is 0.845. The Kier molecular flexibility index (Phi) is 2.80. The molecule has 2 aromatic rings. The van der Waals surface area contributed by atoms with Gasteiger partial charge in [0.15, 0.2) is 5.22 Å². The van der Waals surface area contributed by atoms with Crippen LogP contribution in [0, 0.1) is 6.92 Å². The molecule has 1 heterocycles. The molecular formula is C12H12ClNO. The van der Waals surface area contributed by atoms with Crippen LogP contribution in [-0.2, 0) is 0 Å². The molecule has 78 valence electrons. The van der Waals surface area contributed by atoms with Crippen LogP contribution in [0.25, 0.3) is 0 Å². The zero-order valence-corrected chi connectivity index (χ0v) is 9.16. The van der Waals surface area contributed by atoms with Crippen LogP contribution < -0.4 is 5.73 Å². The molecule has 15 heavy (non-hydrogen) atoms. The zero-order chi connectivity index (χ0) is 10.8. The maximum atomic E-state index is 6.12. The van der Waals surface area contributed by atoms with E-state index < -0.39 is 0 Å². The van der Waals surface area contributed by atoms with Crippen molar-refractivity contribution in [3.8, 4) is 0 Å². The highest BCUT2D eigenvalue weighted by molar-refractivity contribution is 6.29. The maximum Gasteiger partial charge on any atom is 0.198 e. The van der Waals surface area contributed by atoms with Crippen molar-refractivity contribution >= 4 is 11.6 Å². The number of rotatable bonds is 2. The normalized spacial score (nSPS) is 12.7. The molecule has 0 saturated heterocycles. The highest BCUT2D eigenvalue weighted by atomic mass is 35.5. The number of nitrogens with two attached hydrogens (primary N) is 1. The van der Waals surface area contributed by atoms with E-state index in [9.17, 15) is 0 Å². The van der Waals surface area contributed by atoms with Crippen molar-refractivity contribution in [2.24, 2.45) is 5.73 Å². The first kappa shape index (κ1) is 10.3. The fourth-order valence-electron chi connectivity index (χ4n) is 1.63. The molecule has 0 aliphatic rings. The van der Waals surface area contributed by atoms with Gasteiger partial charge in [-0.3, -0.25) is 0 Å². The smallest absolute Gasteiger partial charge is 0.198 e. The van der Waals surface area contributed by atoms with E-state index in [4.69, 9.17) is 21.8 Å². The summed E-state index contributed by atoms with van der Waals surface area (Å²) in [5.41, 5.74) is 9.17. The second-order valence-corrected chi connectivity index (χ2v) is 3.83. The first-order chi connectivity index (χ1) is 7.20. The van der Waals surface area contributed by atoms with Gasteiger partial charge in [0, 0.05) is 5.56 Å². The second-order valence-electron chi connectivity index (χ2n) is 3.48. The van der Waals surface area contributed by atoms with Gasteiger partial charge in [0.05, 0.1) is 12.3 Å². The first-order valence-corrected chi connectivity index (χ1v) is 5.12. The lowest BCUT2D eigenvalue weighted by Crippen LogP contribution is -2.12. The third-order valence-corrected chi connectivity index (χ3v) is 2.81. The lowest BCUT2D eigenvalue weighted by molar-refractivity contribution is 0.564. The summed E-state index contributed by atoms with van der Waals surface area (Å²) in [7, 11) is 0. The van der Waals surface area contributed by atoms with Crippen molar-refractivity contribution in [2.75, 3.05) is 0 Å². The number of aryl methyl sites for hydroxylation is 1. The third kappa shape index (κ3) is 1.91. The number of hydrogen-bond donors (Lipinski definition) is 1. The highest BCUT2D eigenvalue weighted by Crippen LogP contribution is 2.28. The van der Waals surface area contributed by atoms with Gasteiger partial charge in [-0.1, -0.05) is 24.3 Å². The zero-order valence-electron chi connectivity index (χ0n) is 8.41. The van der Waals surface area contributed by atoms with Crippen LogP contribution in [0.3, 0.4) is 0 Å². The Morgan fingerprint density at radius 3 is 2.53 bits per heavy atom. The molecule has 0 fully saturated rings. The van der Waals surface area contributed by atoms with E-state index in [1.54, 1.807) is 12.3 Å². The predicted molar refractivity (Wildman–Crippen MR) is 60.9 cm³/mol. The van der Waals surface area contributed by atoms with Crippen molar-refractivity contribution in [1.82, 2.24) is 0 Å². The van der Waals surface area contributed by atoms with Gasteiger partial charge in [-0.15, -0.1) is 0 Å². The molecular weight excluding hydrogens is 210 g/mol. The van der Waals surface area contributed by atoms with Crippen LogP contribution in [0.1, 0.15) is 22.7 Å². The Hall–Kier alpha value is -1.25. The van der Waals surface area contributed by atoms with Crippen LogP contribution >= 0.6 is 11.6 Å². The van der Waals surface area contributed by atoms with Gasteiger partial charge >= 0.3 is 0 Å². The minimum absolute atomic E-state index is 0.225. The molecule has 0 amide bonds. The third-order valence-electron chi connectivity index (χ3n) is 2.50. The van der Waals surface area contributed by atoms with Crippen molar-refractivity contribution in [3.63, 3.8) is 0 Å². The summed E-state index contributed by atoms with van der Waals surface area (Å²) in [4.78, 5) is 0. The average molecular weight is 222 g/mol. The van der Waals surface area contributed by atoms with Crippen LogP contribution in [0.2, 0.25) is 5.22 Å². The Balaban J connectivity index is 2.41. The first-order valence-electron chi connectivity index (χ1n) is 4.74. The molecule has 0 spiro atoms. The molecule has 1 aromatic carbocycles. The van der Waals surface area contributed by atoms with Gasteiger partial charge < -0.3 is 10.2 Å².